The van der Waals surface area contributed by atoms with Crippen LogP contribution in [0.4, 0.5) is 0 Å². The van der Waals surface area contributed by atoms with Crippen LogP contribution < -0.4 is 10.0 Å². The van der Waals surface area contributed by atoms with Crippen LogP contribution in [0.25, 0.3) is 32.3 Å². The second kappa shape index (κ2) is 5.68. The zero-order chi connectivity index (χ0) is 17.8. The Labute approximate surface area is 144 Å². The van der Waals surface area contributed by atoms with Gasteiger partial charge in [-0.25, -0.2) is 0 Å². The Morgan fingerprint density at radius 3 is 2.24 bits per heavy atom. The third kappa shape index (κ3) is 2.57. The van der Waals surface area contributed by atoms with Gasteiger partial charge in [0.25, 0.3) is 0 Å². The van der Waals surface area contributed by atoms with Crippen LogP contribution in [0.2, 0.25) is 0 Å². The zero-order valence-corrected chi connectivity index (χ0v) is 14.7. The highest BCUT2D eigenvalue weighted by Crippen LogP contribution is 2.45. The lowest BCUT2D eigenvalue weighted by atomic mass is 9.94. The van der Waals surface area contributed by atoms with Gasteiger partial charge in [0.05, 0.1) is 0 Å². The third-order valence-corrected chi connectivity index (χ3v) is 5.54. The van der Waals surface area contributed by atoms with Crippen molar-refractivity contribution in [2.75, 3.05) is 7.11 Å². The lowest BCUT2D eigenvalue weighted by Crippen LogP contribution is -2.19. The lowest BCUT2D eigenvalue weighted by molar-refractivity contribution is -0.0375. The Kier molecular flexibility index (Phi) is 3.71. The van der Waals surface area contributed by atoms with Crippen LogP contribution in [0.5, 0.6) is 5.75 Å². The number of methoxy groups -OCH3 is 1. The molecule has 0 aromatic heterocycles. The molecule has 4 aromatic rings. The maximum Gasteiger partial charge on any atom is 0.360 e. The summed E-state index contributed by atoms with van der Waals surface area (Å²) in [6.45, 7) is 1.67. The predicted octanol–water partition coefficient (Wildman–Crippen LogP) is 3.76. The summed E-state index contributed by atoms with van der Waals surface area (Å²) in [4.78, 5) is 20.0. The van der Waals surface area contributed by atoms with Gasteiger partial charge < -0.3 is 19.3 Å². The Morgan fingerprint density at radius 1 is 0.960 bits per heavy atom. The van der Waals surface area contributed by atoms with Crippen LogP contribution in [-0.2, 0) is 9.30 Å². The van der Waals surface area contributed by atoms with Crippen molar-refractivity contribution in [3.63, 3.8) is 0 Å². The quantitative estimate of drug-likeness (QED) is 0.331. The summed E-state index contributed by atoms with van der Waals surface area (Å²) in [6, 6.07) is 15.2. The molecule has 6 heteroatoms. The maximum atomic E-state index is 12.2. The molecule has 25 heavy (non-hydrogen) atoms. The number of hydrogen-bond donors (Lipinski definition) is 2. The molecule has 0 fully saturated rings. The molecule has 4 aromatic carbocycles. The van der Waals surface area contributed by atoms with Crippen molar-refractivity contribution in [1.82, 2.24) is 0 Å². The Bertz CT molecular complexity index is 1120. The van der Waals surface area contributed by atoms with E-state index in [0.29, 0.717) is 5.39 Å². The molecule has 0 saturated carbocycles. The van der Waals surface area contributed by atoms with Crippen LogP contribution in [0, 0.1) is 0 Å². The molecule has 1 unspecified atom stereocenters. The summed E-state index contributed by atoms with van der Waals surface area (Å²) < 4.78 is 23.0. The van der Waals surface area contributed by atoms with Gasteiger partial charge in [0.15, 0.2) is 6.29 Å². The molecule has 1 atom stereocenters. The molecule has 5 nitrogen and oxygen atoms in total. The van der Waals surface area contributed by atoms with Gasteiger partial charge in [0.1, 0.15) is 11.1 Å². The average molecular weight is 356 g/mol. The lowest BCUT2D eigenvalue weighted by Gasteiger charge is -2.20. The fourth-order valence-corrected chi connectivity index (χ4v) is 4.29. The Hall–Kier alpha value is -2.17. The van der Waals surface area contributed by atoms with Gasteiger partial charge in [-0.15, -0.1) is 0 Å². The number of benzene rings is 4. The van der Waals surface area contributed by atoms with Crippen molar-refractivity contribution < 1.29 is 23.8 Å². The number of ether oxygens (including phenoxy) is 2. The predicted molar refractivity (Wildman–Crippen MR) is 98.9 cm³/mol. The molecule has 0 spiro atoms. The van der Waals surface area contributed by atoms with Crippen molar-refractivity contribution in [3.8, 4) is 5.75 Å². The van der Waals surface area contributed by atoms with Crippen LogP contribution in [0.3, 0.4) is 0 Å². The first kappa shape index (κ1) is 16.3. The van der Waals surface area contributed by atoms with Gasteiger partial charge in [0, 0.05) is 12.5 Å². The molecular formula is C19H17O5P. The fourth-order valence-electron chi connectivity index (χ4n) is 3.39. The van der Waals surface area contributed by atoms with Crippen LogP contribution in [-0.4, -0.2) is 23.2 Å². The Balaban J connectivity index is 2.18. The minimum Gasteiger partial charge on any atom is -0.464 e. The highest BCUT2D eigenvalue weighted by atomic mass is 31.2. The van der Waals surface area contributed by atoms with Crippen LogP contribution in [0.1, 0.15) is 6.92 Å². The van der Waals surface area contributed by atoms with E-state index in [9.17, 15) is 14.4 Å². The maximum absolute atomic E-state index is 12.2. The van der Waals surface area contributed by atoms with Crippen LogP contribution in [0.15, 0.2) is 48.5 Å². The monoisotopic (exact) mass is 356 g/mol. The van der Waals surface area contributed by atoms with E-state index >= 15 is 0 Å². The summed E-state index contributed by atoms with van der Waals surface area (Å²) >= 11 is 0. The van der Waals surface area contributed by atoms with Gasteiger partial charge in [-0.3, -0.25) is 4.57 Å². The summed E-state index contributed by atoms with van der Waals surface area (Å²) in [6.07, 6.45) is -0.626. The van der Waals surface area contributed by atoms with E-state index in [-0.39, 0.29) is 11.1 Å². The Morgan fingerprint density at radius 2 is 1.60 bits per heavy atom. The summed E-state index contributed by atoms with van der Waals surface area (Å²) in [5.74, 6) is 0.147. The van der Waals surface area contributed by atoms with Gasteiger partial charge in [0.2, 0.25) is 0 Å². The second-order valence-electron chi connectivity index (χ2n) is 6.04. The molecule has 4 rings (SSSR count). The largest absolute Gasteiger partial charge is 0.464 e. The minimum absolute atomic E-state index is 0.0952. The van der Waals surface area contributed by atoms with E-state index in [1.54, 1.807) is 19.1 Å². The molecule has 0 bridgehead atoms. The molecule has 0 radical (unpaired) electrons. The SMILES string of the molecule is COC(C)Oc1cc2ccc3cccc4ccc(c1P(=O)(O)O)c2c34. The van der Waals surface area contributed by atoms with Crippen molar-refractivity contribution in [2.24, 2.45) is 0 Å². The van der Waals surface area contributed by atoms with Gasteiger partial charge >= 0.3 is 7.60 Å². The third-order valence-electron chi connectivity index (χ3n) is 4.50. The van der Waals surface area contributed by atoms with E-state index in [2.05, 4.69) is 0 Å². The van der Waals surface area contributed by atoms with Crippen LogP contribution >= 0.6 is 7.60 Å². The van der Waals surface area contributed by atoms with E-state index in [0.717, 1.165) is 26.9 Å². The van der Waals surface area contributed by atoms with E-state index in [1.807, 2.05) is 36.4 Å². The number of rotatable bonds is 4. The summed E-state index contributed by atoms with van der Waals surface area (Å²) in [5.41, 5.74) is 0. The first-order valence-corrected chi connectivity index (χ1v) is 9.47. The van der Waals surface area contributed by atoms with Crippen molar-refractivity contribution in [2.45, 2.75) is 13.2 Å². The van der Waals surface area contributed by atoms with Crippen molar-refractivity contribution in [3.05, 3.63) is 48.5 Å². The van der Waals surface area contributed by atoms with Gasteiger partial charge in [-0.1, -0.05) is 42.5 Å². The molecule has 0 heterocycles. The highest BCUT2D eigenvalue weighted by Gasteiger charge is 2.28. The first-order valence-electron chi connectivity index (χ1n) is 7.86. The molecule has 0 aliphatic carbocycles. The fraction of sp³-hybridized carbons (Fsp3) is 0.158. The molecule has 2 N–H and O–H groups in total. The van der Waals surface area contributed by atoms with Crippen molar-refractivity contribution in [1.29, 1.82) is 0 Å². The van der Waals surface area contributed by atoms with E-state index in [4.69, 9.17) is 9.47 Å². The smallest absolute Gasteiger partial charge is 0.360 e. The number of hydrogen-bond acceptors (Lipinski definition) is 3. The zero-order valence-electron chi connectivity index (χ0n) is 13.8. The normalized spacial score (nSPS) is 13.8. The van der Waals surface area contributed by atoms with Gasteiger partial charge in [-0.2, -0.15) is 0 Å². The first-order chi connectivity index (χ1) is 11.9. The second-order valence-corrected chi connectivity index (χ2v) is 7.58. The standard InChI is InChI=1S/C19H17O5P/c1-11(23-2)24-16-10-14-7-6-12-4-3-5-13-8-9-15(18(14)17(12)13)19(16)25(20,21)22/h3-11H,1-2H3,(H2,20,21,22). The highest BCUT2D eigenvalue weighted by molar-refractivity contribution is 7.61. The molecule has 128 valence electrons. The van der Waals surface area contributed by atoms with Gasteiger partial charge in [-0.05, 0) is 39.9 Å². The van der Waals surface area contributed by atoms with E-state index < -0.39 is 13.9 Å². The molecule has 0 amide bonds. The summed E-state index contributed by atoms with van der Waals surface area (Å²) in [5, 5.41) is 5.19. The molecule has 0 saturated heterocycles. The molecular weight excluding hydrogens is 339 g/mol. The topological polar surface area (TPSA) is 76.0 Å². The minimum atomic E-state index is -4.56. The summed E-state index contributed by atoms with van der Waals surface area (Å²) in [7, 11) is -3.08. The van der Waals surface area contributed by atoms with E-state index in [1.165, 1.54) is 7.11 Å². The molecule has 0 aliphatic heterocycles. The van der Waals surface area contributed by atoms with Crippen molar-refractivity contribution >= 4 is 45.2 Å². The average Bonchev–Trinajstić information content (AvgIpc) is 2.58. The molecule has 0 aliphatic rings.